The highest BCUT2D eigenvalue weighted by Crippen LogP contribution is 2.37. The van der Waals surface area contributed by atoms with Gasteiger partial charge in [0.1, 0.15) is 29.7 Å². The molecule has 3 aliphatic rings. The van der Waals surface area contributed by atoms with Crippen molar-refractivity contribution in [2.24, 2.45) is 5.92 Å². The number of amides is 3. The van der Waals surface area contributed by atoms with E-state index in [1.165, 1.54) is 22.7 Å². The SMILES string of the molecule is Cc1cc(C(=O)N[C@H]2CC[C@@H]3SC[C@@H](C(=O)N[C@H](C#N)C[C@@H]4CCCC4=O)N3C2=O)no1. The lowest BCUT2D eigenvalue weighted by Gasteiger charge is -2.37. The Hall–Kier alpha value is -2.87. The summed E-state index contributed by atoms with van der Waals surface area (Å²) in [5, 5.41) is 18.4. The van der Waals surface area contributed by atoms with Crippen LogP contribution in [0, 0.1) is 24.2 Å². The predicted molar refractivity (Wildman–Crippen MR) is 113 cm³/mol. The monoisotopic (exact) mass is 459 g/mol. The number of rotatable bonds is 6. The summed E-state index contributed by atoms with van der Waals surface area (Å²) >= 11 is 1.52. The van der Waals surface area contributed by atoms with E-state index in [4.69, 9.17) is 4.52 Å². The van der Waals surface area contributed by atoms with Crippen molar-refractivity contribution >= 4 is 35.3 Å². The molecule has 2 saturated heterocycles. The Balaban J connectivity index is 1.39. The van der Waals surface area contributed by atoms with Gasteiger partial charge >= 0.3 is 0 Å². The summed E-state index contributed by atoms with van der Waals surface area (Å²) in [6.45, 7) is 1.67. The van der Waals surface area contributed by atoms with Crippen LogP contribution in [0.1, 0.15) is 54.8 Å². The number of thioether (sulfide) groups is 1. The van der Waals surface area contributed by atoms with Gasteiger partial charge in [0, 0.05) is 24.2 Å². The van der Waals surface area contributed by atoms with Crippen LogP contribution in [0.4, 0.5) is 0 Å². The van der Waals surface area contributed by atoms with Gasteiger partial charge in [0.15, 0.2) is 5.69 Å². The van der Waals surface area contributed by atoms with Crippen molar-refractivity contribution < 1.29 is 23.7 Å². The zero-order valence-electron chi connectivity index (χ0n) is 17.7. The van der Waals surface area contributed by atoms with E-state index in [0.29, 0.717) is 37.2 Å². The molecule has 1 aromatic rings. The van der Waals surface area contributed by atoms with Gasteiger partial charge < -0.3 is 20.1 Å². The maximum atomic E-state index is 13.1. The largest absolute Gasteiger partial charge is 0.361 e. The summed E-state index contributed by atoms with van der Waals surface area (Å²) in [6.07, 6.45) is 3.50. The molecule has 1 aliphatic carbocycles. The fourth-order valence-corrected chi connectivity index (χ4v) is 6.00. The Kier molecular flexibility index (Phi) is 6.50. The second-order valence-corrected chi connectivity index (χ2v) is 9.67. The van der Waals surface area contributed by atoms with E-state index in [1.807, 2.05) is 0 Å². The van der Waals surface area contributed by atoms with Crippen LogP contribution in [0.25, 0.3) is 0 Å². The number of aryl methyl sites for hydroxylation is 1. The van der Waals surface area contributed by atoms with Crippen molar-refractivity contribution in [3.63, 3.8) is 0 Å². The summed E-state index contributed by atoms with van der Waals surface area (Å²) in [6, 6.07) is 1.31. The van der Waals surface area contributed by atoms with E-state index in [1.54, 1.807) is 6.92 Å². The van der Waals surface area contributed by atoms with Crippen molar-refractivity contribution in [1.29, 1.82) is 5.26 Å². The minimum atomic E-state index is -0.774. The Morgan fingerprint density at radius 3 is 2.84 bits per heavy atom. The third kappa shape index (κ3) is 4.50. The molecule has 2 aliphatic heterocycles. The maximum Gasteiger partial charge on any atom is 0.274 e. The van der Waals surface area contributed by atoms with Crippen LogP contribution in [0.3, 0.4) is 0 Å². The van der Waals surface area contributed by atoms with Crippen LogP contribution in [-0.4, -0.2) is 62.8 Å². The number of Topliss-reactive ketones (excluding diaryl/α,β-unsaturated/α-hetero) is 1. The number of hydrogen-bond acceptors (Lipinski definition) is 8. The van der Waals surface area contributed by atoms with Gasteiger partial charge in [-0.2, -0.15) is 5.26 Å². The van der Waals surface area contributed by atoms with E-state index >= 15 is 0 Å². The average Bonchev–Trinajstić information content (AvgIpc) is 3.50. The molecular weight excluding hydrogens is 434 g/mol. The summed E-state index contributed by atoms with van der Waals surface area (Å²) < 4.78 is 4.91. The van der Waals surface area contributed by atoms with Gasteiger partial charge in [-0.3, -0.25) is 19.2 Å². The van der Waals surface area contributed by atoms with Gasteiger partial charge in [0.05, 0.1) is 11.4 Å². The van der Waals surface area contributed by atoms with Crippen molar-refractivity contribution in [3.8, 4) is 6.07 Å². The van der Waals surface area contributed by atoms with Gasteiger partial charge in [0.2, 0.25) is 11.8 Å². The summed E-state index contributed by atoms with van der Waals surface area (Å²) in [7, 11) is 0. The third-order valence-electron chi connectivity index (χ3n) is 6.24. The van der Waals surface area contributed by atoms with Crippen molar-refractivity contribution in [1.82, 2.24) is 20.7 Å². The Bertz CT molecular complexity index is 972. The normalized spacial score (nSPS) is 28.2. The molecule has 3 heterocycles. The van der Waals surface area contributed by atoms with Crippen LogP contribution < -0.4 is 10.6 Å². The molecule has 0 unspecified atom stereocenters. The number of ketones is 1. The average molecular weight is 460 g/mol. The number of aromatic nitrogens is 1. The molecule has 0 radical (unpaired) electrons. The van der Waals surface area contributed by atoms with E-state index in [9.17, 15) is 24.4 Å². The van der Waals surface area contributed by atoms with Crippen LogP contribution >= 0.6 is 11.8 Å². The second kappa shape index (κ2) is 9.32. The topological polar surface area (TPSA) is 145 Å². The van der Waals surface area contributed by atoms with Gasteiger partial charge in [-0.25, -0.2) is 0 Å². The van der Waals surface area contributed by atoms with Gasteiger partial charge in [-0.15, -0.1) is 11.8 Å². The molecule has 10 nitrogen and oxygen atoms in total. The molecule has 4 rings (SSSR count). The predicted octanol–water partition coefficient (Wildman–Crippen LogP) is 0.913. The van der Waals surface area contributed by atoms with Crippen LogP contribution in [-0.2, 0) is 14.4 Å². The van der Waals surface area contributed by atoms with Crippen LogP contribution in [0.15, 0.2) is 10.6 Å². The Morgan fingerprint density at radius 2 is 2.19 bits per heavy atom. The minimum Gasteiger partial charge on any atom is -0.361 e. The number of nitrogens with one attached hydrogen (secondary N) is 2. The number of nitrogens with zero attached hydrogens (tertiary/aromatic N) is 3. The van der Waals surface area contributed by atoms with E-state index in [2.05, 4.69) is 21.9 Å². The first kappa shape index (κ1) is 22.3. The number of piperidine rings is 1. The highest BCUT2D eigenvalue weighted by Gasteiger charge is 2.47. The van der Waals surface area contributed by atoms with Crippen molar-refractivity contribution in [2.75, 3.05) is 5.75 Å². The summed E-state index contributed by atoms with van der Waals surface area (Å²) in [4.78, 5) is 51.9. The molecule has 0 bridgehead atoms. The lowest BCUT2D eigenvalue weighted by molar-refractivity contribution is -0.143. The van der Waals surface area contributed by atoms with Crippen LogP contribution in [0.2, 0.25) is 0 Å². The fraction of sp³-hybridized carbons (Fsp3) is 0.619. The molecule has 1 saturated carbocycles. The highest BCUT2D eigenvalue weighted by atomic mass is 32.2. The number of nitriles is 1. The molecule has 3 fully saturated rings. The first-order valence-electron chi connectivity index (χ1n) is 10.8. The minimum absolute atomic E-state index is 0.0980. The standard InChI is InChI=1S/C21H25N5O5S/c1-11-7-15(25-31-11)19(28)24-14-5-6-18-26(21(14)30)16(10-32-18)20(29)23-13(9-22)8-12-3-2-4-17(12)27/h7,12-14,16,18H,2-6,8,10H2,1H3,(H,23,29)(H,24,28)/t12-,13-,14-,16-,18-/m0/s1. The molecule has 1 aromatic heterocycles. The molecular formula is C21H25N5O5S. The number of hydrogen-bond donors (Lipinski definition) is 2. The first-order valence-corrected chi connectivity index (χ1v) is 11.8. The summed E-state index contributed by atoms with van der Waals surface area (Å²) in [5.41, 5.74) is 0.0980. The summed E-state index contributed by atoms with van der Waals surface area (Å²) in [5.74, 6) is -0.359. The molecule has 0 aromatic carbocycles. The third-order valence-corrected chi connectivity index (χ3v) is 7.60. The molecule has 32 heavy (non-hydrogen) atoms. The van der Waals surface area contributed by atoms with E-state index in [-0.39, 0.29) is 28.7 Å². The lowest BCUT2D eigenvalue weighted by atomic mass is 9.97. The van der Waals surface area contributed by atoms with Gasteiger partial charge in [-0.1, -0.05) is 5.16 Å². The molecule has 170 valence electrons. The number of fused-ring (bicyclic) bond motifs is 1. The zero-order chi connectivity index (χ0) is 22.8. The lowest BCUT2D eigenvalue weighted by Crippen LogP contribution is -2.59. The van der Waals surface area contributed by atoms with Crippen LogP contribution in [0.5, 0.6) is 0 Å². The Morgan fingerprint density at radius 1 is 1.38 bits per heavy atom. The maximum absolute atomic E-state index is 13.1. The molecule has 0 spiro atoms. The van der Waals surface area contributed by atoms with E-state index < -0.39 is 29.9 Å². The van der Waals surface area contributed by atoms with Gasteiger partial charge in [-0.05, 0) is 39.0 Å². The zero-order valence-corrected chi connectivity index (χ0v) is 18.5. The van der Waals surface area contributed by atoms with Crippen molar-refractivity contribution in [2.45, 2.75) is 68.9 Å². The quantitative estimate of drug-likeness (QED) is 0.638. The number of carbonyl (C=O) groups excluding carboxylic acids is 4. The smallest absolute Gasteiger partial charge is 0.274 e. The highest BCUT2D eigenvalue weighted by molar-refractivity contribution is 8.00. The van der Waals surface area contributed by atoms with Crippen molar-refractivity contribution in [3.05, 3.63) is 17.5 Å². The molecule has 3 amide bonds. The molecule has 5 atom stereocenters. The van der Waals surface area contributed by atoms with E-state index in [0.717, 1.165) is 12.8 Å². The molecule has 11 heteroatoms. The number of carbonyl (C=O) groups is 4. The fourth-order valence-electron chi connectivity index (χ4n) is 4.57. The van der Waals surface area contributed by atoms with Gasteiger partial charge in [0.25, 0.3) is 5.91 Å². The second-order valence-electron chi connectivity index (χ2n) is 8.46. The molecule has 2 N–H and O–H groups in total. The first-order chi connectivity index (χ1) is 15.4. The Labute approximate surface area is 189 Å².